The molecular weight excluding hydrogens is 270 g/mol. The lowest BCUT2D eigenvalue weighted by atomic mass is 9.99. The van der Waals surface area contributed by atoms with Crippen molar-refractivity contribution in [1.82, 2.24) is 15.5 Å². The number of aliphatic carboxylic acids is 1. The Kier molecular flexibility index (Phi) is 4.57. The van der Waals surface area contributed by atoms with Gasteiger partial charge in [-0.15, -0.1) is 0 Å². The van der Waals surface area contributed by atoms with Crippen LogP contribution >= 0.6 is 0 Å². The van der Waals surface area contributed by atoms with Gasteiger partial charge >= 0.3 is 5.97 Å². The largest absolute Gasteiger partial charge is 0.480 e. The summed E-state index contributed by atoms with van der Waals surface area (Å²) in [5.74, 6) is -1.40. The summed E-state index contributed by atoms with van der Waals surface area (Å²) in [4.78, 5) is 23.2. The number of fused-ring (bicyclic) bond motifs is 1. The average molecular weight is 289 g/mol. The van der Waals surface area contributed by atoms with Gasteiger partial charge in [-0.05, 0) is 17.5 Å². The number of carboxylic acids is 1. The van der Waals surface area contributed by atoms with Crippen LogP contribution in [0.15, 0.2) is 24.4 Å². The Morgan fingerprint density at radius 1 is 1.43 bits per heavy atom. The number of H-pyrrole nitrogens is 1. The Morgan fingerprint density at radius 2 is 2.19 bits per heavy atom. The minimum atomic E-state index is -0.998. The van der Waals surface area contributed by atoms with Gasteiger partial charge in [-0.2, -0.15) is 5.10 Å². The third-order valence-corrected chi connectivity index (χ3v) is 3.67. The number of carboxylic acid groups (broad SMARTS) is 1. The summed E-state index contributed by atoms with van der Waals surface area (Å²) >= 11 is 0. The van der Waals surface area contributed by atoms with E-state index >= 15 is 0 Å². The lowest BCUT2D eigenvalue weighted by Gasteiger charge is -2.20. The van der Waals surface area contributed by atoms with Crippen molar-refractivity contribution in [2.75, 3.05) is 0 Å². The van der Waals surface area contributed by atoms with Crippen LogP contribution in [-0.2, 0) is 16.0 Å². The van der Waals surface area contributed by atoms with Crippen LogP contribution in [0.3, 0.4) is 0 Å². The first-order chi connectivity index (χ1) is 10.0. The van der Waals surface area contributed by atoms with Crippen LogP contribution in [0.4, 0.5) is 0 Å². The fraction of sp³-hybridized carbons (Fsp3) is 0.400. The standard InChI is InChI=1S/C15H19N3O3/c1-3-9(2)14(15(20)21)17-13(19)7-10-4-5-11-8-16-18-12(11)6-10/h4-6,8-9,14H,3,7H2,1-2H3,(H,16,18)(H,17,19)(H,20,21)/t9-,14-/m0/s1. The fourth-order valence-electron chi connectivity index (χ4n) is 2.19. The summed E-state index contributed by atoms with van der Waals surface area (Å²) in [5, 5.41) is 19.5. The smallest absolute Gasteiger partial charge is 0.326 e. The molecule has 2 atom stereocenters. The van der Waals surface area contributed by atoms with Crippen molar-refractivity contribution in [3.05, 3.63) is 30.0 Å². The van der Waals surface area contributed by atoms with Crippen molar-refractivity contribution in [2.24, 2.45) is 5.92 Å². The molecule has 6 nitrogen and oxygen atoms in total. The number of aromatic amines is 1. The normalized spacial score (nSPS) is 13.8. The first-order valence-electron chi connectivity index (χ1n) is 6.95. The highest BCUT2D eigenvalue weighted by Gasteiger charge is 2.25. The fourth-order valence-corrected chi connectivity index (χ4v) is 2.19. The Balaban J connectivity index is 2.04. The summed E-state index contributed by atoms with van der Waals surface area (Å²) in [6.07, 6.45) is 2.55. The molecule has 0 bridgehead atoms. The van der Waals surface area contributed by atoms with Crippen molar-refractivity contribution in [2.45, 2.75) is 32.7 Å². The maximum atomic E-state index is 12.0. The summed E-state index contributed by atoms with van der Waals surface area (Å²) in [7, 11) is 0. The summed E-state index contributed by atoms with van der Waals surface area (Å²) in [6.45, 7) is 3.72. The number of hydrogen-bond acceptors (Lipinski definition) is 3. The molecule has 2 rings (SSSR count). The highest BCUT2D eigenvalue weighted by Crippen LogP contribution is 2.14. The van der Waals surface area contributed by atoms with E-state index in [-0.39, 0.29) is 18.2 Å². The van der Waals surface area contributed by atoms with E-state index < -0.39 is 12.0 Å². The molecule has 0 aliphatic heterocycles. The van der Waals surface area contributed by atoms with Gasteiger partial charge in [0.25, 0.3) is 0 Å². The Labute approximate surface area is 122 Å². The van der Waals surface area contributed by atoms with Crippen molar-refractivity contribution < 1.29 is 14.7 Å². The third-order valence-electron chi connectivity index (χ3n) is 3.67. The second-order valence-electron chi connectivity index (χ2n) is 5.24. The highest BCUT2D eigenvalue weighted by molar-refractivity contribution is 5.86. The van der Waals surface area contributed by atoms with Crippen molar-refractivity contribution in [3.8, 4) is 0 Å². The summed E-state index contributed by atoms with van der Waals surface area (Å²) in [6, 6.07) is 4.72. The van der Waals surface area contributed by atoms with Crippen LogP contribution in [0, 0.1) is 5.92 Å². The zero-order valence-electron chi connectivity index (χ0n) is 12.1. The molecule has 0 aliphatic carbocycles. The topological polar surface area (TPSA) is 95.1 Å². The van der Waals surface area contributed by atoms with E-state index in [1.165, 1.54) is 0 Å². The number of nitrogens with zero attached hydrogens (tertiary/aromatic N) is 1. The molecular formula is C15H19N3O3. The monoisotopic (exact) mass is 289 g/mol. The number of carbonyl (C=O) groups is 2. The lowest BCUT2D eigenvalue weighted by Crippen LogP contribution is -2.45. The molecule has 1 aromatic carbocycles. The molecule has 21 heavy (non-hydrogen) atoms. The van der Waals surface area contributed by atoms with Crippen molar-refractivity contribution >= 4 is 22.8 Å². The SMILES string of the molecule is CC[C@H](C)[C@H](NC(=O)Cc1ccc2cn[nH]c2c1)C(=O)O. The predicted octanol–water partition coefficient (Wildman–Crippen LogP) is 1.72. The molecule has 0 radical (unpaired) electrons. The number of aromatic nitrogens is 2. The predicted molar refractivity (Wildman–Crippen MR) is 78.8 cm³/mol. The maximum Gasteiger partial charge on any atom is 0.326 e. The average Bonchev–Trinajstić information content (AvgIpc) is 2.91. The van der Waals surface area contributed by atoms with E-state index in [2.05, 4.69) is 15.5 Å². The van der Waals surface area contributed by atoms with E-state index in [9.17, 15) is 14.7 Å². The number of rotatable bonds is 6. The van der Waals surface area contributed by atoms with Gasteiger partial charge in [0.2, 0.25) is 5.91 Å². The molecule has 0 fully saturated rings. The number of nitrogens with one attached hydrogen (secondary N) is 2. The van der Waals surface area contributed by atoms with Crippen LogP contribution in [0.2, 0.25) is 0 Å². The summed E-state index contributed by atoms with van der Waals surface area (Å²) < 4.78 is 0. The molecule has 0 unspecified atom stereocenters. The number of amides is 1. The van der Waals surface area contributed by atoms with Gasteiger partial charge < -0.3 is 10.4 Å². The van der Waals surface area contributed by atoms with Crippen LogP contribution in [0.5, 0.6) is 0 Å². The van der Waals surface area contributed by atoms with E-state index in [4.69, 9.17) is 0 Å². The van der Waals surface area contributed by atoms with Gasteiger partial charge in [0.1, 0.15) is 6.04 Å². The number of benzene rings is 1. The molecule has 2 aromatic rings. The molecule has 0 aliphatic rings. The Hall–Kier alpha value is -2.37. The van der Waals surface area contributed by atoms with Gasteiger partial charge in [-0.1, -0.05) is 32.4 Å². The van der Waals surface area contributed by atoms with Gasteiger partial charge in [-0.25, -0.2) is 4.79 Å². The molecule has 6 heteroatoms. The van der Waals surface area contributed by atoms with Gasteiger partial charge in [0, 0.05) is 5.39 Å². The molecule has 1 heterocycles. The van der Waals surface area contributed by atoms with Crippen LogP contribution in [0.25, 0.3) is 10.9 Å². The Bertz CT molecular complexity index is 650. The molecule has 0 saturated carbocycles. The van der Waals surface area contributed by atoms with Crippen LogP contribution in [0.1, 0.15) is 25.8 Å². The molecule has 1 aromatic heterocycles. The highest BCUT2D eigenvalue weighted by atomic mass is 16.4. The second kappa shape index (κ2) is 6.39. The minimum Gasteiger partial charge on any atom is -0.480 e. The molecule has 0 saturated heterocycles. The summed E-state index contributed by atoms with van der Waals surface area (Å²) in [5.41, 5.74) is 1.68. The van der Waals surface area contributed by atoms with Crippen LogP contribution in [-0.4, -0.2) is 33.2 Å². The van der Waals surface area contributed by atoms with Gasteiger partial charge in [0.05, 0.1) is 18.1 Å². The zero-order valence-corrected chi connectivity index (χ0v) is 12.1. The second-order valence-corrected chi connectivity index (χ2v) is 5.24. The van der Waals surface area contributed by atoms with Crippen molar-refractivity contribution in [1.29, 1.82) is 0 Å². The first-order valence-corrected chi connectivity index (χ1v) is 6.95. The number of hydrogen-bond donors (Lipinski definition) is 3. The Morgan fingerprint density at radius 3 is 2.86 bits per heavy atom. The zero-order chi connectivity index (χ0) is 15.4. The van der Waals surface area contributed by atoms with Crippen LogP contribution < -0.4 is 5.32 Å². The van der Waals surface area contributed by atoms with Gasteiger partial charge in [0.15, 0.2) is 0 Å². The quantitative estimate of drug-likeness (QED) is 0.754. The molecule has 0 spiro atoms. The molecule has 1 amide bonds. The lowest BCUT2D eigenvalue weighted by molar-refractivity contribution is -0.143. The number of carbonyl (C=O) groups excluding carboxylic acids is 1. The van der Waals surface area contributed by atoms with E-state index in [1.54, 1.807) is 6.20 Å². The van der Waals surface area contributed by atoms with E-state index in [0.717, 1.165) is 16.5 Å². The van der Waals surface area contributed by atoms with E-state index in [0.29, 0.717) is 6.42 Å². The molecule has 112 valence electrons. The van der Waals surface area contributed by atoms with E-state index in [1.807, 2.05) is 32.0 Å². The van der Waals surface area contributed by atoms with Crippen molar-refractivity contribution in [3.63, 3.8) is 0 Å². The van der Waals surface area contributed by atoms with Gasteiger partial charge in [-0.3, -0.25) is 9.89 Å². The third kappa shape index (κ3) is 3.59. The maximum absolute atomic E-state index is 12.0. The molecule has 3 N–H and O–H groups in total. The minimum absolute atomic E-state index is 0.110. The first kappa shape index (κ1) is 15.0.